The average molecular weight is 401 g/mol. The Morgan fingerprint density at radius 2 is 1.83 bits per heavy atom. The van der Waals surface area contributed by atoms with Crippen LogP contribution >= 0.6 is 0 Å². The highest BCUT2D eigenvalue weighted by Crippen LogP contribution is 2.20. The Morgan fingerprint density at radius 3 is 2.63 bits per heavy atom. The molecule has 0 atom stereocenters. The first-order valence-electron chi connectivity index (χ1n) is 9.26. The molecule has 0 bridgehead atoms. The Kier molecular flexibility index (Phi) is 5.70. The second kappa shape index (κ2) is 8.91. The van der Waals surface area contributed by atoms with Gasteiger partial charge >= 0.3 is 12.0 Å². The fourth-order valence-corrected chi connectivity index (χ4v) is 2.81. The van der Waals surface area contributed by atoms with E-state index in [1.54, 1.807) is 18.3 Å². The van der Waals surface area contributed by atoms with Gasteiger partial charge in [-0.2, -0.15) is 10.1 Å². The van der Waals surface area contributed by atoms with Crippen LogP contribution in [0.2, 0.25) is 0 Å². The molecule has 4 rings (SSSR count). The number of carbonyl (C=O) groups excluding carboxylic acids is 1. The third-order valence-corrected chi connectivity index (χ3v) is 4.35. The maximum absolute atomic E-state index is 11.5. The molecule has 0 aliphatic carbocycles. The minimum atomic E-state index is -0.365. The molecule has 0 unspecified atom stereocenters. The first-order chi connectivity index (χ1) is 14.7. The first-order valence-corrected chi connectivity index (χ1v) is 9.26. The second-order valence-corrected chi connectivity index (χ2v) is 6.37. The standard InChI is InChI=1S/C23H19N3O4/c1-28-22(27)17-12-10-16(11-13-17)15-29-20-8-4-2-6-18(20)14-24-26-23-25-19-7-3-5-9-21(19)30-23/h2-14H,15H2,1H3,(H,25,26)/b24-14+. The number of esters is 1. The van der Waals surface area contributed by atoms with Crippen molar-refractivity contribution in [3.63, 3.8) is 0 Å². The number of nitrogens with one attached hydrogen (secondary N) is 1. The van der Waals surface area contributed by atoms with Gasteiger partial charge in [0.05, 0.1) is 18.9 Å². The van der Waals surface area contributed by atoms with Gasteiger partial charge in [-0.25, -0.2) is 10.2 Å². The smallest absolute Gasteiger partial charge is 0.337 e. The fourth-order valence-electron chi connectivity index (χ4n) is 2.81. The van der Waals surface area contributed by atoms with Gasteiger partial charge in [0.15, 0.2) is 5.58 Å². The molecule has 150 valence electrons. The van der Waals surface area contributed by atoms with E-state index in [0.717, 1.165) is 16.6 Å². The van der Waals surface area contributed by atoms with Crippen molar-refractivity contribution in [2.24, 2.45) is 5.10 Å². The molecular weight excluding hydrogens is 382 g/mol. The van der Waals surface area contributed by atoms with Crippen molar-refractivity contribution in [1.29, 1.82) is 0 Å². The van der Waals surface area contributed by atoms with Gasteiger partial charge < -0.3 is 13.9 Å². The molecule has 0 saturated carbocycles. The number of rotatable bonds is 7. The van der Waals surface area contributed by atoms with Crippen molar-refractivity contribution >= 4 is 29.3 Å². The lowest BCUT2D eigenvalue weighted by molar-refractivity contribution is 0.0600. The summed E-state index contributed by atoms with van der Waals surface area (Å²) in [4.78, 5) is 15.8. The second-order valence-electron chi connectivity index (χ2n) is 6.37. The molecule has 1 aromatic heterocycles. The Labute approximate surface area is 173 Å². The third kappa shape index (κ3) is 4.47. The molecule has 7 heteroatoms. The van der Waals surface area contributed by atoms with Crippen LogP contribution in [0.25, 0.3) is 11.1 Å². The number of benzene rings is 3. The van der Waals surface area contributed by atoms with Crippen LogP contribution in [0.3, 0.4) is 0 Å². The SMILES string of the molecule is COC(=O)c1ccc(COc2ccccc2/C=N/Nc2nc3ccccc3o2)cc1. The van der Waals surface area contributed by atoms with Gasteiger partial charge in [-0.05, 0) is 42.0 Å². The molecule has 0 fully saturated rings. The lowest BCUT2D eigenvalue weighted by Gasteiger charge is -2.09. The van der Waals surface area contributed by atoms with E-state index in [-0.39, 0.29) is 5.97 Å². The lowest BCUT2D eigenvalue weighted by atomic mass is 10.1. The highest BCUT2D eigenvalue weighted by atomic mass is 16.5. The molecule has 0 amide bonds. The van der Waals surface area contributed by atoms with Gasteiger partial charge in [0.2, 0.25) is 0 Å². The van der Waals surface area contributed by atoms with E-state index in [2.05, 4.69) is 15.5 Å². The Balaban J connectivity index is 1.40. The van der Waals surface area contributed by atoms with E-state index in [9.17, 15) is 4.79 Å². The minimum Gasteiger partial charge on any atom is -0.488 e. The number of hydrogen-bond acceptors (Lipinski definition) is 7. The van der Waals surface area contributed by atoms with Crippen LogP contribution in [0.15, 0.2) is 82.3 Å². The topological polar surface area (TPSA) is 86.0 Å². The predicted octanol–water partition coefficient (Wildman–Crippen LogP) is 4.64. The number of oxazole rings is 1. The molecule has 7 nitrogen and oxygen atoms in total. The molecule has 0 aliphatic heterocycles. The summed E-state index contributed by atoms with van der Waals surface area (Å²) in [5.41, 5.74) is 6.48. The highest BCUT2D eigenvalue weighted by Gasteiger charge is 2.06. The number of carbonyl (C=O) groups is 1. The molecule has 30 heavy (non-hydrogen) atoms. The molecule has 1 heterocycles. The van der Waals surface area contributed by atoms with Gasteiger partial charge in [-0.15, -0.1) is 0 Å². The van der Waals surface area contributed by atoms with Crippen molar-refractivity contribution in [3.8, 4) is 5.75 Å². The van der Waals surface area contributed by atoms with Gasteiger partial charge in [0.1, 0.15) is 17.9 Å². The number of aromatic nitrogens is 1. The Bertz CT molecular complexity index is 1150. The lowest BCUT2D eigenvalue weighted by Crippen LogP contribution is -2.02. The average Bonchev–Trinajstić information content (AvgIpc) is 3.21. The molecule has 4 aromatic rings. The largest absolute Gasteiger partial charge is 0.488 e. The van der Waals surface area contributed by atoms with Crippen molar-refractivity contribution in [2.45, 2.75) is 6.61 Å². The van der Waals surface area contributed by atoms with Gasteiger partial charge in [-0.1, -0.05) is 36.4 Å². The zero-order valence-electron chi connectivity index (χ0n) is 16.2. The van der Waals surface area contributed by atoms with E-state index >= 15 is 0 Å². The molecule has 0 radical (unpaired) electrons. The molecule has 1 N–H and O–H groups in total. The third-order valence-electron chi connectivity index (χ3n) is 4.35. The molecule has 3 aromatic carbocycles. The molecule has 0 saturated heterocycles. The first kappa shape index (κ1) is 19.2. The summed E-state index contributed by atoms with van der Waals surface area (Å²) in [6, 6.07) is 22.4. The highest BCUT2D eigenvalue weighted by molar-refractivity contribution is 5.89. The van der Waals surface area contributed by atoms with Gasteiger partial charge in [-0.3, -0.25) is 0 Å². The molecule has 0 spiro atoms. The summed E-state index contributed by atoms with van der Waals surface area (Å²) in [6.07, 6.45) is 1.64. The monoisotopic (exact) mass is 401 g/mol. The Morgan fingerprint density at radius 1 is 1.07 bits per heavy atom. The Hall–Kier alpha value is -4.13. The summed E-state index contributed by atoms with van der Waals surface area (Å²) in [6.45, 7) is 0.352. The summed E-state index contributed by atoms with van der Waals surface area (Å²) < 4.78 is 16.2. The number of methoxy groups -OCH3 is 1. The van der Waals surface area contributed by atoms with E-state index in [1.807, 2.05) is 60.7 Å². The van der Waals surface area contributed by atoms with E-state index in [0.29, 0.717) is 29.5 Å². The van der Waals surface area contributed by atoms with E-state index in [1.165, 1.54) is 7.11 Å². The predicted molar refractivity (Wildman–Crippen MR) is 114 cm³/mol. The van der Waals surface area contributed by atoms with Crippen LogP contribution in [0.4, 0.5) is 6.01 Å². The summed E-state index contributed by atoms with van der Waals surface area (Å²) in [5, 5.41) is 4.20. The zero-order valence-corrected chi connectivity index (χ0v) is 16.2. The van der Waals surface area contributed by atoms with Crippen LogP contribution in [0, 0.1) is 0 Å². The minimum absolute atomic E-state index is 0.316. The number of anilines is 1. The number of hydrogen-bond donors (Lipinski definition) is 1. The fraction of sp³-hybridized carbons (Fsp3) is 0.0870. The quantitative estimate of drug-likeness (QED) is 0.276. The maximum Gasteiger partial charge on any atom is 0.337 e. The van der Waals surface area contributed by atoms with Crippen LogP contribution < -0.4 is 10.2 Å². The number of hydrazone groups is 1. The summed E-state index contributed by atoms with van der Waals surface area (Å²) in [7, 11) is 1.36. The normalized spacial score (nSPS) is 11.0. The van der Waals surface area contributed by atoms with Crippen LogP contribution in [-0.4, -0.2) is 24.3 Å². The number of nitrogens with zero attached hydrogens (tertiary/aromatic N) is 2. The maximum atomic E-state index is 11.5. The van der Waals surface area contributed by atoms with Crippen molar-refractivity contribution in [2.75, 3.05) is 12.5 Å². The van der Waals surface area contributed by atoms with Crippen molar-refractivity contribution < 1.29 is 18.7 Å². The van der Waals surface area contributed by atoms with Crippen molar-refractivity contribution in [3.05, 3.63) is 89.5 Å². The summed E-state index contributed by atoms with van der Waals surface area (Å²) >= 11 is 0. The van der Waals surface area contributed by atoms with Crippen LogP contribution in [0.1, 0.15) is 21.5 Å². The van der Waals surface area contributed by atoms with Gasteiger partial charge in [0, 0.05) is 5.56 Å². The summed E-state index contributed by atoms with van der Waals surface area (Å²) in [5.74, 6) is 0.313. The van der Waals surface area contributed by atoms with Crippen molar-refractivity contribution in [1.82, 2.24) is 4.98 Å². The van der Waals surface area contributed by atoms with E-state index in [4.69, 9.17) is 13.9 Å². The van der Waals surface area contributed by atoms with E-state index < -0.39 is 0 Å². The number of ether oxygens (including phenoxy) is 2. The van der Waals surface area contributed by atoms with Gasteiger partial charge in [0.25, 0.3) is 0 Å². The zero-order chi connectivity index (χ0) is 20.8. The molecular formula is C23H19N3O4. The van der Waals surface area contributed by atoms with Crippen LogP contribution in [-0.2, 0) is 11.3 Å². The number of fused-ring (bicyclic) bond motifs is 1. The van der Waals surface area contributed by atoms with Crippen LogP contribution in [0.5, 0.6) is 5.75 Å². The molecule has 0 aliphatic rings. The number of para-hydroxylation sites is 3.